The van der Waals surface area contributed by atoms with E-state index in [1.54, 1.807) is 11.3 Å². The maximum Gasteiger partial charge on any atom is 0.0692 e. The molecule has 0 saturated heterocycles. The van der Waals surface area contributed by atoms with Crippen molar-refractivity contribution in [3.05, 3.63) is 22.4 Å². The summed E-state index contributed by atoms with van der Waals surface area (Å²) in [4.78, 5) is 1.42. The first kappa shape index (κ1) is 10.1. The molecule has 0 radical (unpaired) electrons. The SMILES string of the molecule is OC(CNCCc1cccs1)C1CC1. The van der Waals surface area contributed by atoms with Crippen LogP contribution in [0.25, 0.3) is 0 Å². The van der Waals surface area contributed by atoms with Crippen LogP contribution in [0.5, 0.6) is 0 Å². The van der Waals surface area contributed by atoms with Crippen molar-refractivity contribution >= 4 is 11.3 Å². The smallest absolute Gasteiger partial charge is 0.0692 e. The van der Waals surface area contributed by atoms with Gasteiger partial charge in [0.1, 0.15) is 0 Å². The molecule has 0 amide bonds. The number of hydrogen-bond donors (Lipinski definition) is 2. The molecule has 1 fully saturated rings. The summed E-state index contributed by atoms with van der Waals surface area (Å²) in [5.41, 5.74) is 0. The average molecular weight is 211 g/mol. The first-order valence-electron chi connectivity index (χ1n) is 5.27. The van der Waals surface area contributed by atoms with E-state index >= 15 is 0 Å². The predicted octanol–water partition coefficient (Wildman–Crippen LogP) is 1.65. The van der Waals surface area contributed by atoms with Crippen molar-refractivity contribution in [2.24, 2.45) is 5.92 Å². The lowest BCUT2D eigenvalue weighted by atomic mass is 10.2. The van der Waals surface area contributed by atoms with Crippen LogP contribution in [0, 0.1) is 5.92 Å². The molecule has 14 heavy (non-hydrogen) atoms. The van der Waals surface area contributed by atoms with Gasteiger partial charge in [-0.2, -0.15) is 0 Å². The lowest BCUT2D eigenvalue weighted by Crippen LogP contribution is -2.29. The molecule has 78 valence electrons. The van der Waals surface area contributed by atoms with E-state index < -0.39 is 0 Å². The van der Waals surface area contributed by atoms with Gasteiger partial charge in [0.05, 0.1) is 6.10 Å². The molecule has 0 bridgehead atoms. The first-order chi connectivity index (χ1) is 6.86. The summed E-state index contributed by atoms with van der Waals surface area (Å²) in [5, 5.41) is 15.0. The Kier molecular flexibility index (Phi) is 3.56. The standard InChI is InChI=1S/C11H17NOS/c13-11(9-3-4-9)8-12-6-5-10-2-1-7-14-10/h1-2,7,9,11-13H,3-6,8H2. The third-order valence-electron chi connectivity index (χ3n) is 2.65. The van der Waals surface area contributed by atoms with Gasteiger partial charge in [0.2, 0.25) is 0 Å². The number of aliphatic hydroxyl groups excluding tert-OH is 1. The van der Waals surface area contributed by atoms with Gasteiger partial charge in [-0.3, -0.25) is 0 Å². The number of thiophene rings is 1. The molecule has 1 heterocycles. The molecule has 3 heteroatoms. The highest BCUT2D eigenvalue weighted by Gasteiger charge is 2.28. The van der Waals surface area contributed by atoms with Gasteiger partial charge in [0.15, 0.2) is 0 Å². The maximum absolute atomic E-state index is 9.59. The fraction of sp³-hybridized carbons (Fsp3) is 0.636. The fourth-order valence-corrected chi connectivity index (χ4v) is 2.27. The van der Waals surface area contributed by atoms with Gasteiger partial charge in [0, 0.05) is 18.0 Å². The van der Waals surface area contributed by atoms with Crippen molar-refractivity contribution in [1.29, 1.82) is 0 Å². The average Bonchev–Trinajstić information content (AvgIpc) is 2.92. The molecule has 1 aromatic rings. The van der Waals surface area contributed by atoms with E-state index in [1.165, 1.54) is 17.7 Å². The van der Waals surface area contributed by atoms with E-state index in [0.717, 1.165) is 19.5 Å². The highest BCUT2D eigenvalue weighted by atomic mass is 32.1. The second-order valence-corrected chi connectivity index (χ2v) is 4.97. The number of rotatable bonds is 6. The molecule has 0 aromatic carbocycles. The summed E-state index contributed by atoms with van der Waals surface area (Å²) >= 11 is 1.80. The highest BCUT2D eigenvalue weighted by molar-refractivity contribution is 7.09. The zero-order chi connectivity index (χ0) is 9.80. The van der Waals surface area contributed by atoms with Crippen LogP contribution in [-0.2, 0) is 6.42 Å². The van der Waals surface area contributed by atoms with Crippen LogP contribution in [0.15, 0.2) is 17.5 Å². The predicted molar refractivity (Wildman–Crippen MR) is 59.6 cm³/mol. The summed E-state index contributed by atoms with van der Waals surface area (Å²) in [5.74, 6) is 0.587. The maximum atomic E-state index is 9.59. The highest BCUT2D eigenvalue weighted by Crippen LogP contribution is 2.32. The minimum absolute atomic E-state index is 0.113. The third kappa shape index (κ3) is 3.08. The topological polar surface area (TPSA) is 32.3 Å². The normalized spacial score (nSPS) is 18.4. The Hall–Kier alpha value is -0.380. The molecule has 2 nitrogen and oxygen atoms in total. The van der Waals surface area contributed by atoms with E-state index in [1.807, 2.05) is 0 Å². The Morgan fingerprint density at radius 3 is 3.07 bits per heavy atom. The van der Waals surface area contributed by atoms with Gasteiger partial charge in [0.25, 0.3) is 0 Å². The van der Waals surface area contributed by atoms with E-state index in [4.69, 9.17) is 0 Å². The second kappa shape index (κ2) is 4.91. The summed E-state index contributed by atoms with van der Waals surface area (Å²) in [6, 6.07) is 4.24. The van der Waals surface area contributed by atoms with E-state index in [2.05, 4.69) is 22.8 Å². The molecular weight excluding hydrogens is 194 g/mol. The Labute approximate surface area is 89.0 Å². The van der Waals surface area contributed by atoms with Crippen LogP contribution >= 0.6 is 11.3 Å². The number of hydrogen-bond acceptors (Lipinski definition) is 3. The van der Waals surface area contributed by atoms with Crippen molar-refractivity contribution in [2.75, 3.05) is 13.1 Å². The van der Waals surface area contributed by atoms with Crippen molar-refractivity contribution in [3.8, 4) is 0 Å². The van der Waals surface area contributed by atoms with Gasteiger partial charge in [-0.15, -0.1) is 11.3 Å². The zero-order valence-electron chi connectivity index (χ0n) is 8.28. The first-order valence-corrected chi connectivity index (χ1v) is 6.15. The molecule has 1 aliphatic carbocycles. The number of aliphatic hydroxyl groups is 1. The summed E-state index contributed by atoms with van der Waals surface area (Å²) in [7, 11) is 0. The molecular formula is C11H17NOS. The largest absolute Gasteiger partial charge is 0.392 e. The lowest BCUT2D eigenvalue weighted by Gasteiger charge is -2.09. The van der Waals surface area contributed by atoms with Crippen molar-refractivity contribution < 1.29 is 5.11 Å². The molecule has 0 spiro atoms. The molecule has 0 aliphatic heterocycles. The van der Waals surface area contributed by atoms with Gasteiger partial charge >= 0.3 is 0 Å². The molecule has 1 atom stereocenters. The zero-order valence-corrected chi connectivity index (χ0v) is 9.09. The number of nitrogens with one attached hydrogen (secondary N) is 1. The van der Waals surface area contributed by atoms with Crippen molar-refractivity contribution in [1.82, 2.24) is 5.32 Å². The quantitative estimate of drug-likeness (QED) is 0.701. The molecule has 2 N–H and O–H groups in total. The Morgan fingerprint density at radius 2 is 2.43 bits per heavy atom. The van der Waals surface area contributed by atoms with Crippen LogP contribution in [-0.4, -0.2) is 24.3 Å². The molecule has 1 unspecified atom stereocenters. The minimum atomic E-state index is -0.113. The van der Waals surface area contributed by atoms with E-state index in [9.17, 15) is 5.11 Å². The van der Waals surface area contributed by atoms with E-state index in [0.29, 0.717) is 5.92 Å². The van der Waals surface area contributed by atoms with Gasteiger partial charge < -0.3 is 10.4 Å². The lowest BCUT2D eigenvalue weighted by molar-refractivity contribution is 0.149. The Bertz CT molecular complexity index is 256. The summed E-state index contributed by atoms with van der Waals surface area (Å²) < 4.78 is 0. The van der Waals surface area contributed by atoms with Crippen LogP contribution in [0.1, 0.15) is 17.7 Å². The summed E-state index contributed by atoms with van der Waals surface area (Å²) in [6.45, 7) is 1.74. The second-order valence-electron chi connectivity index (χ2n) is 3.94. The van der Waals surface area contributed by atoms with Gasteiger partial charge in [-0.05, 0) is 36.6 Å². The summed E-state index contributed by atoms with van der Waals surface area (Å²) in [6.07, 6.45) is 3.40. The fourth-order valence-electron chi connectivity index (χ4n) is 1.56. The van der Waals surface area contributed by atoms with Gasteiger partial charge in [-0.25, -0.2) is 0 Å². The van der Waals surface area contributed by atoms with Crippen molar-refractivity contribution in [2.45, 2.75) is 25.4 Å². The molecule has 1 aliphatic rings. The van der Waals surface area contributed by atoms with Gasteiger partial charge in [-0.1, -0.05) is 6.07 Å². The van der Waals surface area contributed by atoms with Crippen LogP contribution in [0.3, 0.4) is 0 Å². The van der Waals surface area contributed by atoms with Crippen LogP contribution in [0.4, 0.5) is 0 Å². The van der Waals surface area contributed by atoms with Crippen LogP contribution in [0.2, 0.25) is 0 Å². The Balaban J connectivity index is 1.54. The minimum Gasteiger partial charge on any atom is -0.392 e. The van der Waals surface area contributed by atoms with E-state index in [-0.39, 0.29) is 6.10 Å². The van der Waals surface area contributed by atoms with Crippen LogP contribution < -0.4 is 5.32 Å². The molecule has 2 rings (SSSR count). The molecule has 1 saturated carbocycles. The van der Waals surface area contributed by atoms with Crippen molar-refractivity contribution in [3.63, 3.8) is 0 Å². The molecule has 1 aromatic heterocycles. The monoisotopic (exact) mass is 211 g/mol. The Morgan fingerprint density at radius 1 is 1.57 bits per heavy atom. The third-order valence-corrected chi connectivity index (χ3v) is 3.58.